The largest absolute Gasteiger partial charge is 0.376 e. The molecular formula is C13H27O5P. The van der Waals surface area contributed by atoms with E-state index < -0.39 is 7.60 Å². The van der Waals surface area contributed by atoms with Crippen molar-refractivity contribution in [3.63, 3.8) is 0 Å². The minimum Gasteiger partial charge on any atom is -0.376 e. The number of ether oxygens (including phenoxy) is 2. The standard InChI is InChI=1S/C13H27O5P/c1-9(2)16-13-8-15-11(5)7-12(13)18-19(6,14)17-10(3)4/h9-13H,7-8H2,1-6H3. The lowest BCUT2D eigenvalue weighted by atomic mass is 10.0. The van der Waals surface area contributed by atoms with Crippen molar-refractivity contribution in [1.29, 1.82) is 0 Å². The smallest absolute Gasteiger partial charge is 0.328 e. The van der Waals surface area contributed by atoms with Crippen molar-refractivity contribution in [2.75, 3.05) is 13.3 Å². The molecule has 0 aliphatic carbocycles. The highest BCUT2D eigenvalue weighted by atomic mass is 31.2. The predicted octanol–water partition coefficient (Wildman–Crippen LogP) is 3.22. The molecule has 0 spiro atoms. The van der Waals surface area contributed by atoms with Gasteiger partial charge in [-0.25, -0.2) is 0 Å². The average Bonchev–Trinajstić information content (AvgIpc) is 2.18. The van der Waals surface area contributed by atoms with Gasteiger partial charge < -0.3 is 18.5 Å². The van der Waals surface area contributed by atoms with Crippen molar-refractivity contribution in [3.05, 3.63) is 0 Å². The van der Waals surface area contributed by atoms with Gasteiger partial charge in [0.05, 0.1) is 31.0 Å². The lowest BCUT2D eigenvalue weighted by molar-refractivity contribution is -0.149. The number of hydrogen-bond donors (Lipinski definition) is 0. The van der Waals surface area contributed by atoms with E-state index in [1.54, 1.807) is 0 Å². The molecular weight excluding hydrogens is 267 g/mol. The second-order valence-corrected chi connectivity index (χ2v) is 7.64. The van der Waals surface area contributed by atoms with Gasteiger partial charge in [0.2, 0.25) is 0 Å². The fourth-order valence-corrected chi connectivity index (χ4v) is 3.68. The van der Waals surface area contributed by atoms with Gasteiger partial charge in [-0.2, -0.15) is 0 Å². The molecule has 0 N–H and O–H groups in total. The van der Waals surface area contributed by atoms with Crippen LogP contribution in [0.15, 0.2) is 0 Å². The molecule has 0 saturated carbocycles. The van der Waals surface area contributed by atoms with Crippen LogP contribution in [0.3, 0.4) is 0 Å². The van der Waals surface area contributed by atoms with Crippen molar-refractivity contribution in [2.24, 2.45) is 0 Å². The van der Waals surface area contributed by atoms with Crippen LogP contribution in [0, 0.1) is 0 Å². The van der Waals surface area contributed by atoms with Gasteiger partial charge in [-0.1, -0.05) is 0 Å². The van der Waals surface area contributed by atoms with E-state index in [1.165, 1.54) is 6.66 Å². The molecule has 1 rings (SSSR count). The van der Waals surface area contributed by atoms with Crippen LogP contribution in [0.5, 0.6) is 0 Å². The third-order valence-corrected chi connectivity index (χ3v) is 4.16. The third kappa shape index (κ3) is 6.37. The van der Waals surface area contributed by atoms with Crippen LogP contribution in [-0.2, 0) is 23.1 Å². The fourth-order valence-electron chi connectivity index (χ4n) is 2.15. The van der Waals surface area contributed by atoms with Gasteiger partial charge in [-0.05, 0) is 34.6 Å². The first kappa shape index (κ1) is 17.1. The summed E-state index contributed by atoms with van der Waals surface area (Å²) in [6.45, 7) is 11.6. The van der Waals surface area contributed by atoms with Crippen LogP contribution in [0.2, 0.25) is 0 Å². The van der Waals surface area contributed by atoms with Crippen molar-refractivity contribution in [1.82, 2.24) is 0 Å². The van der Waals surface area contributed by atoms with Gasteiger partial charge in [-0.15, -0.1) is 0 Å². The summed E-state index contributed by atoms with van der Waals surface area (Å²) in [7, 11) is -3.06. The van der Waals surface area contributed by atoms with Crippen LogP contribution in [0.25, 0.3) is 0 Å². The molecule has 6 heteroatoms. The molecule has 0 bridgehead atoms. The molecule has 0 aromatic rings. The van der Waals surface area contributed by atoms with Crippen LogP contribution >= 0.6 is 7.60 Å². The Morgan fingerprint density at radius 3 is 2.32 bits per heavy atom. The fraction of sp³-hybridized carbons (Fsp3) is 1.00. The molecule has 0 aromatic heterocycles. The summed E-state index contributed by atoms with van der Waals surface area (Å²) in [5.41, 5.74) is 0. The lowest BCUT2D eigenvalue weighted by Gasteiger charge is -2.36. The second-order valence-electron chi connectivity index (χ2n) is 5.67. The summed E-state index contributed by atoms with van der Waals surface area (Å²) in [6, 6.07) is 0. The Morgan fingerprint density at radius 2 is 1.79 bits per heavy atom. The van der Waals surface area contributed by atoms with Gasteiger partial charge >= 0.3 is 7.60 Å². The van der Waals surface area contributed by atoms with E-state index in [9.17, 15) is 4.57 Å². The van der Waals surface area contributed by atoms with Crippen molar-refractivity contribution in [2.45, 2.75) is 71.6 Å². The van der Waals surface area contributed by atoms with Gasteiger partial charge in [0.25, 0.3) is 0 Å². The van der Waals surface area contributed by atoms with Crippen LogP contribution in [-0.4, -0.2) is 43.8 Å². The molecule has 1 heterocycles. The van der Waals surface area contributed by atoms with E-state index in [0.717, 1.165) is 0 Å². The van der Waals surface area contributed by atoms with E-state index in [2.05, 4.69) is 0 Å². The summed E-state index contributed by atoms with van der Waals surface area (Å²) in [5, 5.41) is 0. The average molecular weight is 294 g/mol. The van der Waals surface area contributed by atoms with Gasteiger partial charge in [0.15, 0.2) is 0 Å². The molecule has 5 nitrogen and oxygen atoms in total. The number of hydrogen-bond acceptors (Lipinski definition) is 5. The Labute approximate surface area is 116 Å². The highest BCUT2D eigenvalue weighted by Gasteiger charge is 2.36. The first-order valence-electron chi connectivity index (χ1n) is 6.91. The molecule has 1 saturated heterocycles. The van der Waals surface area contributed by atoms with Crippen LogP contribution in [0.4, 0.5) is 0 Å². The monoisotopic (exact) mass is 294 g/mol. The maximum Gasteiger partial charge on any atom is 0.328 e. The summed E-state index contributed by atoms with van der Waals surface area (Å²) in [6.07, 6.45) is 0.251. The predicted molar refractivity (Wildman–Crippen MR) is 74.7 cm³/mol. The minimum atomic E-state index is -3.06. The van der Waals surface area contributed by atoms with Crippen LogP contribution in [0.1, 0.15) is 41.0 Å². The zero-order valence-electron chi connectivity index (χ0n) is 12.8. The molecule has 0 aromatic carbocycles. The Hall–Kier alpha value is 0.0700. The lowest BCUT2D eigenvalue weighted by Crippen LogP contribution is -2.44. The second kappa shape index (κ2) is 7.19. The van der Waals surface area contributed by atoms with Gasteiger partial charge in [0.1, 0.15) is 6.10 Å². The maximum absolute atomic E-state index is 12.3. The highest BCUT2D eigenvalue weighted by Crippen LogP contribution is 2.48. The molecule has 1 aliphatic rings. The summed E-state index contributed by atoms with van der Waals surface area (Å²) >= 11 is 0. The molecule has 0 amide bonds. The van der Waals surface area contributed by atoms with Crippen molar-refractivity contribution < 1.29 is 23.1 Å². The first-order valence-corrected chi connectivity index (χ1v) is 8.90. The van der Waals surface area contributed by atoms with E-state index in [4.69, 9.17) is 18.5 Å². The van der Waals surface area contributed by atoms with E-state index in [-0.39, 0.29) is 30.5 Å². The van der Waals surface area contributed by atoms with Crippen LogP contribution < -0.4 is 0 Å². The molecule has 19 heavy (non-hydrogen) atoms. The Morgan fingerprint density at radius 1 is 1.16 bits per heavy atom. The molecule has 1 fully saturated rings. The third-order valence-electron chi connectivity index (χ3n) is 2.70. The SMILES string of the molecule is CC(C)OC1COC(C)CC1OP(C)(=O)OC(C)C. The molecule has 1 aliphatic heterocycles. The highest BCUT2D eigenvalue weighted by molar-refractivity contribution is 7.53. The Balaban J connectivity index is 2.66. The summed E-state index contributed by atoms with van der Waals surface area (Å²) < 4.78 is 34.7. The molecule has 4 unspecified atom stereocenters. The van der Waals surface area contributed by atoms with Gasteiger partial charge in [-0.3, -0.25) is 4.57 Å². The first-order chi connectivity index (χ1) is 8.69. The summed E-state index contributed by atoms with van der Waals surface area (Å²) in [4.78, 5) is 0. The minimum absolute atomic E-state index is 0.0790. The molecule has 0 radical (unpaired) electrons. The van der Waals surface area contributed by atoms with Gasteiger partial charge in [0, 0.05) is 13.1 Å². The van der Waals surface area contributed by atoms with E-state index in [1.807, 2.05) is 34.6 Å². The normalized spacial score (nSPS) is 31.7. The van der Waals surface area contributed by atoms with E-state index in [0.29, 0.717) is 13.0 Å². The van der Waals surface area contributed by atoms with Crippen molar-refractivity contribution in [3.8, 4) is 0 Å². The summed E-state index contributed by atoms with van der Waals surface area (Å²) in [5.74, 6) is 0. The zero-order valence-corrected chi connectivity index (χ0v) is 13.7. The topological polar surface area (TPSA) is 54.0 Å². The Kier molecular flexibility index (Phi) is 6.48. The molecule has 114 valence electrons. The quantitative estimate of drug-likeness (QED) is 0.704. The number of rotatable bonds is 6. The zero-order chi connectivity index (χ0) is 14.6. The Bertz CT molecular complexity index is 318. The molecule has 4 atom stereocenters. The van der Waals surface area contributed by atoms with Crippen molar-refractivity contribution >= 4 is 7.60 Å². The van der Waals surface area contributed by atoms with E-state index >= 15 is 0 Å². The maximum atomic E-state index is 12.3.